The minimum atomic E-state index is -0.372. The molecule has 0 saturated carbocycles. The van der Waals surface area contributed by atoms with Gasteiger partial charge in [0.05, 0.1) is 17.1 Å². The summed E-state index contributed by atoms with van der Waals surface area (Å²) in [5.74, 6) is 1.35. The molecule has 1 aliphatic heterocycles. The van der Waals surface area contributed by atoms with Gasteiger partial charge in [0.1, 0.15) is 6.33 Å². The third kappa shape index (κ3) is 3.21. The van der Waals surface area contributed by atoms with Crippen LogP contribution in [0.25, 0.3) is 11.3 Å². The number of rotatable bonds is 2. The zero-order valence-electron chi connectivity index (χ0n) is 16.8. The number of nitrogens with one attached hydrogen (secondary N) is 1. The van der Waals surface area contributed by atoms with E-state index in [1.807, 2.05) is 0 Å². The van der Waals surface area contributed by atoms with E-state index < -0.39 is 0 Å². The van der Waals surface area contributed by atoms with Crippen LogP contribution in [0.15, 0.2) is 54.9 Å². The minimum absolute atomic E-state index is 0.372. The molecular weight excluding hydrogens is 380 g/mol. The monoisotopic (exact) mass is 404 g/mol. The molecule has 1 aromatic heterocycles. The first-order chi connectivity index (χ1) is 14.0. The third-order valence-electron chi connectivity index (χ3n) is 6.34. The Hall–Kier alpha value is -2.43. The molecule has 0 bridgehead atoms. The SMILES string of the molecule is Cc1ccccc1C1=CCC(Cl)(c2ccc3c(c2)CNCc2nncn2-3)CC1C. The molecule has 1 N–H and O–H groups in total. The number of alkyl halides is 1. The van der Waals surface area contributed by atoms with Gasteiger partial charge in [-0.1, -0.05) is 49.4 Å². The summed E-state index contributed by atoms with van der Waals surface area (Å²) in [5.41, 5.74) is 7.67. The lowest BCUT2D eigenvalue weighted by atomic mass is 9.75. The highest BCUT2D eigenvalue weighted by Crippen LogP contribution is 2.48. The second-order valence-electron chi connectivity index (χ2n) is 8.31. The maximum absolute atomic E-state index is 7.25. The van der Waals surface area contributed by atoms with Gasteiger partial charge in [-0.05, 0) is 59.6 Å². The summed E-state index contributed by atoms with van der Waals surface area (Å²) in [6.45, 7) is 6.00. The van der Waals surface area contributed by atoms with Crippen LogP contribution in [-0.2, 0) is 18.0 Å². The van der Waals surface area contributed by atoms with Crippen LogP contribution in [0, 0.1) is 12.8 Å². The number of hydrogen-bond acceptors (Lipinski definition) is 3. The zero-order chi connectivity index (χ0) is 20.0. The molecule has 3 aromatic rings. The molecule has 2 atom stereocenters. The highest BCUT2D eigenvalue weighted by atomic mass is 35.5. The highest BCUT2D eigenvalue weighted by molar-refractivity contribution is 6.24. The van der Waals surface area contributed by atoms with Gasteiger partial charge in [0, 0.05) is 6.54 Å². The fourth-order valence-corrected chi connectivity index (χ4v) is 5.22. The van der Waals surface area contributed by atoms with Crippen molar-refractivity contribution >= 4 is 17.2 Å². The van der Waals surface area contributed by atoms with Crippen LogP contribution in [0.2, 0.25) is 0 Å². The molecule has 0 spiro atoms. The van der Waals surface area contributed by atoms with Gasteiger partial charge in [0.2, 0.25) is 0 Å². The van der Waals surface area contributed by atoms with Crippen molar-refractivity contribution in [1.82, 2.24) is 20.1 Å². The molecule has 29 heavy (non-hydrogen) atoms. The summed E-state index contributed by atoms with van der Waals surface area (Å²) in [4.78, 5) is -0.372. The number of nitrogens with zero attached hydrogens (tertiary/aromatic N) is 3. The zero-order valence-corrected chi connectivity index (χ0v) is 17.6. The Balaban J connectivity index is 1.49. The first-order valence-corrected chi connectivity index (χ1v) is 10.6. The van der Waals surface area contributed by atoms with E-state index in [4.69, 9.17) is 11.6 Å². The van der Waals surface area contributed by atoms with Crippen molar-refractivity contribution in [1.29, 1.82) is 0 Å². The summed E-state index contributed by atoms with van der Waals surface area (Å²) in [5, 5.41) is 11.7. The molecule has 148 valence electrons. The van der Waals surface area contributed by atoms with E-state index in [0.717, 1.165) is 37.4 Å². The molecule has 0 fully saturated rings. The van der Waals surface area contributed by atoms with Gasteiger partial charge in [-0.15, -0.1) is 21.8 Å². The molecular formula is C24H25ClN4. The first kappa shape index (κ1) is 18.6. The summed E-state index contributed by atoms with van der Waals surface area (Å²) in [6, 6.07) is 15.2. The lowest BCUT2D eigenvalue weighted by Gasteiger charge is -2.36. The van der Waals surface area contributed by atoms with Crippen molar-refractivity contribution < 1.29 is 0 Å². The van der Waals surface area contributed by atoms with Crippen molar-refractivity contribution in [2.24, 2.45) is 5.92 Å². The number of aromatic nitrogens is 3. The summed E-state index contributed by atoms with van der Waals surface area (Å²) in [7, 11) is 0. The lowest BCUT2D eigenvalue weighted by molar-refractivity contribution is 0.475. The van der Waals surface area contributed by atoms with E-state index in [-0.39, 0.29) is 4.87 Å². The van der Waals surface area contributed by atoms with E-state index in [0.29, 0.717) is 5.92 Å². The standard InChI is InChI=1S/C24H25ClN4/c1-16-5-3-4-6-20(16)21-9-10-24(25,12-17(21)2)19-7-8-22-18(11-19)13-26-14-23-28-27-15-29(22)23/h3-9,11,15,17,26H,10,12-14H2,1-2H3. The molecule has 0 radical (unpaired) electrons. The van der Waals surface area contributed by atoms with E-state index >= 15 is 0 Å². The predicted molar refractivity (Wildman–Crippen MR) is 117 cm³/mol. The van der Waals surface area contributed by atoms with Crippen molar-refractivity contribution in [3.63, 3.8) is 0 Å². The van der Waals surface area contributed by atoms with Crippen LogP contribution in [0.4, 0.5) is 0 Å². The molecule has 5 rings (SSSR count). The van der Waals surface area contributed by atoms with Crippen molar-refractivity contribution in [2.75, 3.05) is 0 Å². The third-order valence-corrected chi connectivity index (χ3v) is 6.86. The molecule has 2 aromatic carbocycles. The van der Waals surface area contributed by atoms with Gasteiger partial charge in [-0.3, -0.25) is 4.57 Å². The lowest BCUT2D eigenvalue weighted by Crippen LogP contribution is -2.26. The van der Waals surface area contributed by atoms with Crippen LogP contribution in [-0.4, -0.2) is 14.8 Å². The molecule has 2 unspecified atom stereocenters. The molecule has 2 aliphatic rings. The van der Waals surface area contributed by atoms with Crippen molar-refractivity contribution in [2.45, 2.75) is 44.7 Å². The van der Waals surface area contributed by atoms with Crippen LogP contribution in [0.1, 0.15) is 47.8 Å². The minimum Gasteiger partial charge on any atom is -0.306 e. The highest BCUT2D eigenvalue weighted by Gasteiger charge is 2.36. The maximum atomic E-state index is 7.25. The molecule has 0 amide bonds. The normalized spacial score (nSPS) is 23.7. The van der Waals surface area contributed by atoms with E-state index in [1.54, 1.807) is 6.33 Å². The molecule has 1 aliphatic carbocycles. The Morgan fingerprint density at radius 1 is 1.17 bits per heavy atom. The Morgan fingerprint density at radius 3 is 2.86 bits per heavy atom. The fourth-order valence-electron chi connectivity index (χ4n) is 4.79. The fraction of sp³-hybridized carbons (Fsp3) is 0.333. The van der Waals surface area contributed by atoms with Crippen molar-refractivity contribution in [3.8, 4) is 5.69 Å². The van der Waals surface area contributed by atoms with Crippen LogP contribution in [0.3, 0.4) is 0 Å². The van der Waals surface area contributed by atoms with Crippen LogP contribution >= 0.6 is 11.6 Å². The second-order valence-corrected chi connectivity index (χ2v) is 9.04. The summed E-state index contributed by atoms with van der Waals surface area (Å²) < 4.78 is 2.07. The molecule has 4 nitrogen and oxygen atoms in total. The molecule has 5 heteroatoms. The van der Waals surface area contributed by atoms with Crippen LogP contribution < -0.4 is 5.32 Å². The number of allylic oxidation sites excluding steroid dienone is 2. The Kier molecular flexibility index (Phi) is 4.56. The van der Waals surface area contributed by atoms with Gasteiger partial charge < -0.3 is 5.32 Å². The molecule has 0 saturated heterocycles. The number of halogens is 1. The average Bonchev–Trinajstić information content (AvgIpc) is 3.10. The predicted octanol–water partition coefficient (Wildman–Crippen LogP) is 5.13. The van der Waals surface area contributed by atoms with Gasteiger partial charge in [-0.2, -0.15) is 0 Å². The Labute approximate surface area is 176 Å². The van der Waals surface area contributed by atoms with Gasteiger partial charge >= 0.3 is 0 Å². The maximum Gasteiger partial charge on any atom is 0.151 e. The van der Waals surface area contributed by atoms with Crippen molar-refractivity contribution in [3.05, 3.63) is 82.9 Å². The number of benzene rings is 2. The first-order valence-electron chi connectivity index (χ1n) is 10.2. The van der Waals surface area contributed by atoms with E-state index in [9.17, 15) is 0 Å². The second kappa shape index (κ2) is 7.12. The van der Waals surface area contributed by atoms with Crippen LogP contribution in [0.5, 0.6) is 0 Å². The largest absolute Gasteiger partial charge is 0.306 e. The number of aryl methyl sites for hydroxylation is 1. The number of hydrogen-bond donors (Lipinski definition) is 1. The molecule has 2 heterocycles. The Bertz CT molecular complexity index is 1100. The number of fused-ring (bicyclic) bond motifs is 3. The summed E-state index contributed by atoms with van der Waals surface area (Å²) in [6.07, 6.45) is 5.91. The quantitative estimate of drug-likeness (QED) is 0.602. The topological polar surface area (TPSA) is 42.7 Å². The van der Waals surface area contributed by atoms with Gasteiger partial charge in [-0.25, -0.2) is 0 Å². The van der Waals surface area contributed by atoms with Gasteiger partial charge in [0.15, 0.2) is 5.82 Å². The summed E-state index contributed by atoms with van der Waals surface area (Å²) >= 11 is 7.25. The van der Waals surface area contributed by atoms with E-state index in [2.05, 4.69) is 82.5 Å². The van der Waals surface area contributed by atoms with E-state index in [1.165, 1.54) is 27.8 Å². The average molecular weight is 405 g/mol. The Morgan fingerprint density at radius 2 is 2.03 bits per heavy atom. The smallest absolute Gasteiger partial charge is 0.151 e. The van der Waals surface area contributed by atoms with Gasteiger partial charge in [0.25, 0.3) is 0 Å².